The molecule has 1 fully saturated rings. The lowest BCUT2D eigenvalue weighted by atomic mass is 10.0. The van der Waals surface area contributed by atoms with E-state index >= 15 is 0 Å². The number of ether oxygens (including phenoxy) is 2. The molecular weight excluding hydrogens is 310 g/mol. The van der Waals surface area contributed by atoms with Gasteiger partial charge in [-0.15, -0.1) is 0 Å². The lowest BCUT2D eigenvalue weighted by Crippen LogP contribution is -2.45. The van der Waals surface area contributed by atoms with Gasteiger partial charge in [-0.3, -0.25) is 4.79 Å². The minimum atomic E-state index is 0.0995. The molecule has 1 aliphatic carbocycles. The Morgan fingerprint density at radius 1 is 1.42 bits per heavy atom. The van der Waals surface area contributed by atoms with Gasteiger partial charge in [0.05, 0.1) is 12.7 Å². The van der Waals surface area contributed by atoms with Crippen molar-refractivity contribution in [3.05, 3.63) is 23.9 Å². The van der Waals surface area contributed by atoms with Crippen LogP contribution in [0, 0.1) is 5.92 Å². The lowest BCUT2D eigenvalue weighted by Gasteiger charge is -2.34. The topological polar surface area (TPSA) is 77.7 Å². The van der Waals surface area contributed by atoms with E-state index in [4.69, 9.17) is 14.0 Å². The predicted octanol–water partition coefficient (Wildman–Crippen LogP) is 1.73. The Hall–Kier alpha value is -1.73. The largest absolute Gasteiger partial charge is 0.376 e. The van der Waals surface area contributed by atoms with Gasteiger partial charge >= 0.3 is 0 Å². The molecule has 0 spiro atoms. The SMILES string of the molecule is COCc1nc(CCOC2CCCN(C(=O)C3CC=CC3)C2)no1. The molecule has 0 radical (unpaired) electrons. The summed E-state index contributed by atoms with van der Waals surface area (Å²) >= 11 is 0. The van der Waals surface area contributed by atoms with E-state index in [0.717, 1.165) is 32.2 Å². The minimum absolute atomic E-state index is 0.0995. The van der Waals surface area contributed by atoms with Crippen LogP contribution in [-0.4, -0.2) is 53.9 Å². The highest BCUT2D eigenvalue weighted by molar-refractivity contribution is 5.79. The molecule has 7 nitrogen and oxygen atoms in total. The van der Waals surface area contributed by atoms with Gasteiger partial charge in [0.25, 0.3) is 5.89 Å². The van der Waals surface area contributed by atoms with Gasteiger partial charge in [-0.05, 0) is 25.7 Å². The zero-order chi connectivity index (χ0) is 16.8. The first-order valence-corrected chi connectivity index (χ1v) is 8.62. The standard InChI is InChI=1S/C17H25N3O4/c1-22-12-16-18-15(19-24-16)8-10-23-14-7-4-9-20(11-14)17(21)13-5-2-3-6-13/h2-3,13-14H,4-12H2,1H3. The third-order valence-electron chi connectivity index (χ3n) is 4.50. The van der Waals surface area contributed by atoms with Gasteiger partial charge in [-0.2, -0.15) is 4.98 Å². The van der Waals surface area contributed by atoms with Crippen LogP contribution in [0.5, 0.6) is 0 Å². The van der Waals surface area contributed by atoms with Gasteiger partial charge in [0.15, 0.2) is 5.82 Å². The number of allylic oxidation sites excluding steroid dienone is 2. The summed E-state index contributed by atoms with van der Waals surface area (Å²) in [6.45, 7) is 2.39. The molecule has 1 aliphatic heterocycles. The monoisotopic (exact) mass is 335 g/mol. The summed E-state index contributed by atoms with van der Waals surface area (Å²) in [5.74, 6) is 1.52. The third-order valence-corrected chi connectivity index (χ3v) is 4.50. The second kappa shape index (κ2) is 8.39. The molecule has 24 heavy (non-hydrogen) atoms. The number of carbonyl (C=O) groups excluding carboxylic acids is 1. The van der Waals surface area contributed by atoms with Gasteiger partial charge in [-0.25, -0.2) is 0 Å². The molecule has 1 aromatic rings. The zero-order valence-electron chi connectivity index (χ0n) is 14.1. The fourth-order valence-electron chi connectivity index (χ4n) is 3.24. The first-order valence-electron chi connectivity index (χ1n) is 8.62. The third kappa shape index (κ3) is 4.42. The van der Waals surface area contributed by atoms with Gasteiger partial charge in [-0.1, -0.05) is 17.3 Å². The predicted molar refractivity (Wildman–Crippen MR) is 86.1 cm³/mol. The van der Waals surface area contributed by atoms with Crippen LogP contribution in [0.1, 0.15) is 37.4 Å². The van der Waals surface area contributed by atoms with Crippen molar-refractivity contribution in [1.29, 1.82) is 0 Å². The van der Waals surface area contributed by atoms with Crippen molar-refractivity contribution in [2.45, 2.75) is 44.8 Å². The highest BCUT2D eigenvalue weighted by atomic mass is 16.5. The highest BCUT2D eigenvalue weighted by Gasteiger charge is 2.29. The number of hydrogen-bond acceptors (Lipinski definition) is 6. The maximum atomic E-state index is 12.5. The van der Waals surface area contributed by atoms with E-state index in [9.17, 15) is 4.79 Å². The van der Waals surface area contributed by atoms with Crippen molar-refractivity contribution < 1.29 is 18.8 Å². The number of hydrogen-bond donors (Lipinski definition) is 0. The van der Waals surface area contributed by atoms with Crippen molar-refractivity contribution >= 4 is 5.91 Å². The van der Waals surface area contributed by atoms with Crippen molar-refractivity contribution in [2.75, 3.05) is 26.8 Å². The molecule has 1 saturated heterocycles. The van der Waals surface area contributed by atoms with E-state index in [0.29, 0.717) is 37.9 Å². The number of rotatable bonds is 7. The number of carbonyl (C=O) groups is 1. The molecule has 0 N–H and O–H groups in total. The average Bonchev–Trinajstić information content (AvgIpc) is 3.27. The molecule has 132 valence electrons. The smallest absolute Gasteiger partial charge is 0.252 e. The van der Waals surface area contributed by atoms with Gasteiger partial charge in [0, 0.05) is 32.5 Å². The molecule has 1 amide bonds. The van der Waals surface area contributed by atoms with Crippen molar-refractivity contribution in [2.24, 2.45) is 5.92 Å². The zero-order valence-corrected chi connectivity index (χ0v) is 14.1. The number of amides is 1. The first-order chi connectivity index (χ1) is 11.8. The van der Waals surface area contributed by atoms with Crippen molar-refractivity contribution in [1.82, 2.24) is 15.0 Å². The van der Waals surface area contributed by atoms with Crippen LogP contribution in [0.15, 0.2) is 16.7 Å². The second-order valence-electron chi connectivity index (χ2n) is 6.35. The molecule has 1 unspecified atom stereocenters. The second-order valence-corrected chi connectivity index (χ2v) is 6.35. The Kier molecular flexibility index (Phi) is 5.98. The van der Waals surface area contributed by atoms with Crippen molar-refractivity contribution in [3.8, 4) is 0 Å². The number of aromatic nitrogens is 2. The number of nitrogens with zero attached hydrogens (tertiary/aromatic N) is 3. The normalized spacial score (nSPS) is 21.5. The molecule has 2 aliphatic rings. The Balaban J connectivity index is 1.41. The first kappa shape index (κ1) is 17.1. The van der Waals surface area contributed by atoms with E-state index in [1.807, 2.05) is 4.90 Å². The molecule has 0 aromatic carbocycles. The molecule has 0 bridgehead atoms. The van der Waals surface area contributed by atoms with E-state index in [1.165, 1.54) is 0 Å². The van der Waals surface area contributed by atoms with Crippen LogP contribution < -0.4 is 0 Å². The fourth-order valence-corrected chi connectivity index (χ4v) is 3.24. The van der Waals surface area contributed by atoms with Crippen LogP contribution in [0.4, 0.5) is 0 Å². The summed E-state index contributed by atoms with van der Waals surface area (Å²) in [5.41, 5.74) is 0. The molecular formula is C17H25N3O4. The molecule has 7 heteroatoms. The van der Waals surface area contributed by atoms with Gasteiger partial charge < -0.3 is 18.9 Å². The molecule has 3 rings (SSSR count). The van der Waals surface area contributed by atoms with Crippen LogP contribution in [0.3, 0.4) is 0 Å². The fraction of sp³-hybridized carbons (Fsp3) is 0.706. The molecule has 1 atom stereocenters. The molecule has 1 aromatic heterocycles. The van der Waals surface area contributed by atoms with Gasteiger partial charge in [0.2, 0.25) is 5.91 Å². The van der Waals surface area contributed by atoms with E-state index in [-0.39, 0.29) is 17.9 Å². The maximum Gasteiger partial charge on any atom is 0.252 e. The summed E-state index contributed by atoms with van der Waals surface area (Å²) < 4.78 is 15.9. The van der Waals surface area contributed by atoms with Gasteiger partial charge in [0.1, 0.15) is 6.61 Å². The van der Waals surface area contributed by atoms with Crippen LogP contribution >= 0.6 is 0 Å². The van der Waals surface area contributed by atoms with Crippen LogP contribution in [-0.2, 0) is 27.3 Å². The molecule has 2 heterocycles. The Morgan fingerprint density at radius 3 is 3.04 bits per heavy atom. The Bertz CT molecular complexity index is 564. The van der Waals surface area contributed by atoms with E-state index in [1.54, 1.807) is 7.11 Å². The number of piperidine rings is 1. The summed E-state index contributed by atoms with van der Waals surface area (Å²) in [5, 5.41) is 3.90. The lowest BCUT2D eigenvalue weighted by molar-refractivity contribution is -0.139. The maximum absolute atomic E-state index is 12.5. The summed E-state index contributed by atoms with van der Waals surface area (Å²) in [6, 6.07) is 0. The molecule has 0 saturated carbocycles. The van der Waals surface area contributed by atoms with Crippen molar-refractivity contribution in [3.63, 3.8) is 0 Å². The van der Waals surface area contributed by atoms with E-state index < -0.39 is 0 Å². The Labute approximate surface area is 142 Å². The summed E-state index contributed by atoms with van der Waals surface area (Å²) in [7, 11) is 1.59. The summed E-state index contributed by atoms with van der Waals surface area (Å²) in [6.07, 6.45) is 8.65. The highest BCUT2D eigenvalue weighted by Crippen LogP contribution is 2.23. The number of methoxy groups -OCH3 is 1. The van der Waals surface area contributed by atoms with Crippen LogP contribution in [0.25, 0.3) is 0 Å². The van der Waals surface area contributed by atoms with E-state index in [2.05, 4.69) is 22.3 Å². The Morgan fingerprint density at radius 2 is 2.25 bits per heavy atom. The average molecular weight is 335 g/mol. The summed E-state index contributed by atoms with van der Waals surface area (Å²) in [4.78, 5) is 18.7. The quantitative estimate of drug-likeness (QED) is 0.706. The minimum Gasteiger partial charge on any atom is -0.376 e. The number of likely N-dealkylation sites (tertiary alicyclic amines) is 1. The van der Waals surface area contributed by atoms with Crippen LogP contribution in [0.2, 0.25) is 0 Å².